The fraction of sp³-hybridized carbons (Fsp3) is 0.940. The number of nitrogens with one attached hydrogen (secondary N) is 3. The summed E-state index contributed by atoms with van der Waals surface area (Å²) in [4.78, 5) is 34.2. The Kier molecular flexibility index (Phi) is 25.2. The van der Waals surface area contributed by atoms with Crippen molar-refractivity contribution >= 4 is 17.8 Å². The van der Waals surface area contributed by atoms with Crippen LogP contribution in [0.1, 0.15) is 222 Å². The van der Waals surface area contributed by atoms with Gasteiger partial charge in [0.2, 0.25) is 17.8 Å². The zero-order valence-electron chi connectivity index (χ0n) is 41.6. The van der Waals surface area contributed by atoms with Crippen LogP contribution in [0, 0.1) is 5.92 Å². The van der Waals surface area contributed by atoms with Crippen molar-refractivity contribution in [2.45, 2.75) is 252 Å². The van der Waals surface area contributed by atoms with Crippen molar-refractivity contribution in [1.82, 2.24) is 30.1 Å². The highest BCUT2D eigenvalue weighted by molar-refractivity contribution is 5.44. The maximum Gasteiger partial charge on any atom is 0.229 e. The van der Waals surface area contributed by atoms with Crippen molar-refractivity contribution in [3.63, 3.8) is 0 Å². The predicted octanol–water partition coefficient (Wildman–Crippen LogP) is 12.4. The van der Waals surface area contributed by atoms with Gasteiger partial charge < -0.3 is 16.0 Å². The van der Waals surface area contributed by atoms with E-state index in [0.717, 1.165) is 117 Å². The lowest BCUT2D eigenvalue weighted by Crippen LogP contribution is -2.62. The normalized spacial score (nSPS) is 20.1. The van der Waals surface area contributed by atoms with Crippen LogP contribution in [0.4, 0.5) is 17.8 Å². The van der Waals surface area contributed by atoms with E-state index in [-0.39, 0.29) is 29.2 Å². The van der Waals surface area contributed by atoms with Gasteiger partial charge in [-0.15, -0.1) is 0 Å². The first-order valence-corrected chi connectivity index (χ1v) is 26.3. The second-order valence-electron chi connectivity index (χ2n) is 20.4. The van der Waals surface area contributed by atoms with Crippen molar-refractivity contribution in [3.8, 4) is 0 Å². The van der Waals surface area contributed by atoms with Crippen LogP contribution in [-0.4, -0.2) is 105 Å². The van der Waals surface area contributed by atoms with Gasteiger partial charge >= 0.3 is 0 Å². The van der Waals surface area contributed by atoms with E-state index in [4.69, 9.17) is 29.5 Å². The van der Waals surface area contributed by atoms with Gasteiger partial charge in [0.25, 0.3) is 0 Å². The summed E-state index contributed by atoms with van der Waals surface area (Å²) in [6, 6.07) is 0.807. The zero-order chi connectivity index (χ0) is 44.5. The molecule has 12 heteroatoms. The maximum atomic E-state index is 6.64. The highest BCUT2D eigenvalue weighted by Crippen LogP contribution is 2.44. The smallest absolute Gasteiger partial charge is 0.229 e. The maximum absolute atomic E-state index is 6.64. The number of anilines is 3. The first kappa shape index (κ1) is 52.8. The molecule has 0 saturated carbocycles. The monoisotopic (exact) mass is 872 g/mol. The number of unbranched alkanes of at least 4 members (excludes halogenated alkanes) is 15. The van der Waals surface area contributed by atoms with Crippen molar-refractivity contribution in [1.29, 1.82) is 0 Å². The van der Waals surface area contributed by atoms with Gasteiger partial charge in [0.05, 0.1) is 19.8 Å². The molecular weight excluding hydrogens is 775 g/mol. The summed E-state index contributed by atoms with van der Waals surface area (Å²) < 4.78 is 0. The Morgan fingerprint density at radius 3 is 1.27 bits per heavy atom. The van der Waals surface area contributed by atoms with Crippen molar-refractivity contribution in [3.05, 3.63) is 0 Å². The summed E-state index contributed by atoms with van der Waals surface area (Å²) in [5.74, 6) is 2.43. The predicted molar refractivity (Wildman–Crippen MR) is 259 cm³/mol. The summed E-state index contributed by atoms with van der Waals surface area (Å²) in [7, 11) is 0. The van der Waals surface area contributed by atoms with E-state index in [9.17, 15) is 0 Å². The van der Waals surface area contributed by atoms with Crippen molar-refractivity contribution in [2.24, 2.45) is 5.92 Å². The highest BCUT2D eigenvalue weighted by atomic mass is 16.7. The van der Waals surface area contributed by atoms with Crippen LogP contribution in [0.15, 0.2) is 0 Å². The lowest BCUT2D eigenvalue weighted by Gasteiger charge is -2.55. The zero-order valence-corrected chi connectivity index (χ0v) is 41.6. The molecule has 1 aromatic heterocycles. The minimum atomic E-state index is -0.0960. The van der Waals surface area contributed by atoms with Crippen LogP contribution >= 0.6 is 0 Å². The molecule has 3 aliphatic rings. The topological polar surface area (TPSA) is 112 Å². The molecule has 4 rings (SSSR count). The van der Waals surface area contributed by atoms with Gasteiger partial charge in [-0.1, -0.05) is 130 Å². The Labute approximate surface area is 380 Å². The molecule has 360 valence electrons. The number of piperidine rings is 3. The first-order valence-electron chi connectivity index (χ1n) is 26.3. The van der Waals surface area contributed by atoms with E-state index >= 15 is 0 Å². The Bertz CT molecular complexity index is 1210. The van der Waals surface area contributed by atoms with Gasteiger partial charge in [-0.05, 0) is 97.8 Å². The van der Waals surface area contributed by atoms with Crippen LogP contribution in [0.3, 0.4) is 0 Å². The van der Waals surface area contributed by atoms with E-state index < -0.39 is 0 Å². The Morgan fingerprint density at radius 1 is 0.500 bits per heavy atom. The number of hydrogen-bond donors (Lipinski definition) is 3. The third-order valence-corrected chi connectivity index (χ3v) is 13.6. The second kappa shape index (κ2) is 29.7. The summed E-state index contributed by atoms with van der Waals surface area (Å²) in [6.45, 7) is 24.7. The molecule has 1 aromatic rings. The molecule has 3 fully saturated rings. The molecule has 0 bridgehead atoms. The molecule has 0 spiro atoms. The Hall–Kier alpha value is -1.83. The molecule has 3 N–H and O–H groups in total. The molecule has 0 aromatic carbocycles. The van der Waals surface area contributed by atoms with Crippen LogP contribution in [0.2, 0.25) is 0 Å². The van der Waals surface area contributed by atoms with Gasteiger partial charge in [-0.25, -0.2) is 0 Å². The Morgan fingerprint density at radius 2 is 0.871 bits per heavy atom. The van der Waals surface area contributed by atoms with Crippen molar-refractivity contribution in [2.75, 3.05) is 62.0 Å². The van der Waals surface area contributed by atoms with E-state index in [1.165, 1.54) is 96.3 Å². The molecule has 3 saturated heterocycles. The molecule has 1 atom stereocenters. The van der Waals surface area contributed by atoms with Gasteiger partial charge in [-0.3, -0.25) is 14.5 Å². The van der Waals surface area contributed by atoms with Crippen LogP contribution in [0.25, 0.3) is 0 Å². The molecule has 0 radical (unpaired) electrons. The third kappa shape index (κ3) is 19.7. The summed E-state index contributed by atoms with van der Waals surface area (Å²) in [5.41, 5.74) is -0.192. The fourth-order valence-corrected chi connectivity index (χ4v) is 10.3. The molecule has 3 aliphatic heterocycles. The SMILES string of the molecule is CCCCCCCCON1CCC(Nc2nc(NC3CCN(OCCCCCCCC)CC3)nc(NC(CCC)C3CC(C)(C)N(OCCCCCCCC)C(C)(C)C3)n2)CC1. The van der Waals surface area contributed by atoms with E-state index in [0.29, 0.717) is 23.8 Å². The van der Waals surface area contributed by atoms with Crippen LogP contribution in [0.5, 0.6) is 0 Å². The minimum absolute atomic E-state index is 0.0960. The van der Waals surface area contributed by atoms with Gasteiger partial charge in [0, 0.05) is 55.4 Å². The molecule has 0 aliphatic carbocycles. The number of nitrogens with zero attached hydrogens (tertiary/aromatic N) is 6. The number of rotatable bonds is 33. The summed E-state index contributed by atoms with van der Waals surface area (Å²) in [5, 5.41) is 18.1. The molecule has 1 unspecified atom stereocenters. The van der Waals surface area contributed by atoms with E-state index in [2.05, 4.69) is 86.5 Å². The largest absolute Gasteiger partial charge is 0.351 e. The molecule has 12 nitrogen and oxygen atoms in total. The Balaban J connectivity index is 1.38. The van der Waals surface area contributed by atoms with Crippen LogP contribution < -0.4 is 16.0 Å². The average Bonchev–Trinajstić information content (AvgIpc) is 3.24. The minimum Gasteiger partial charge on any atom is -0.351 e. The summed E-state index contributed by atoms with van der Waals surface area (Å²) >= 11 is 0. The number of hydroxylamine groups is 6. The number of aromatic nitrogens is 3. The van der Waals surface area contributed by atoms with Crippen molar-refractivity contribution < 1.29 is 14.5 Å². The second-order valence-corrected chi connectivity index (χ2v) is 20.4. The molecule has 4 heterocycles. The lowest BCUT2D eigenvalue weighted by molar-refractivity contribution is -0.288. The van der Waals surface area contributed by atoms with E-state index in [1.54, 1.807) is 0 Å². The first-order chi connectivity index (χ1) is 30.1. The van der Waals surface area contributed by atoms with Gasteiger partial charge in [0.15, 0.2) is 0 Å². The molecular formula is C50H97N9O3. The lowest BCUT2D eigenvalue weighted by atomic mass is 9.71. The molecule has 0 amide bonds. The summed E-state index contributed by atoms with van der Waals surface area (Å²) in [6.07, 6.45) is 31.3. The third-order valence-electron chi connectivity index (χ3n) is 13.6. The van der Waals surface area contributed by atoms with Gasteiger partial charge in [0.1, 0.15) is 0 Å². The molecule has 62 heavy (non-hydrogen) atoms. The van der Waals surface area contributed by atoms with E-state index in [1.807, 2.05) is 0 Å². The number of hydrogen-bond acceptors (Lipinski definition) is 12. The fourth-order valence-electron chi connectivity index (χ4n) is 10.3. The average molecular weight is 872 g/mol. The standard InChI is InChI=1S/C50H97N9O3/c1-9-13-16-19-22-25-37-60-57-33-29-43(30-34-57)51-46-54-47(52-44-31-35-58(36-32-44)61-38-26-23-20-17-14-10-2)56-48(55-46)53-45(28-12-4)42-40-49(5,6)59(50(7,8)41-42)62-39-27-24-21-18-15-11-3/h42-45H,9-41H2,1-8H3,(H3,51,52,53,54,55,56). The van der Waals surface area contributed by atoms with Gasteiger partial charge in [-0.2, -0.15) is 30.1 Å². The van der Waals surface area contributed by atoms with Crippen LogP contribution in [-0.2, 0) is 14.5 Å². The highest BCUT2D eigenvalue weighted by Gasteiger charge is 2.48. The quantitative estimate of drug-likeness (QED) is 0.0585.